The second kappa shape index (κ2) is 11.7. The molecule has 2 aromatic heterocycles. The SMILES string of the molecule is CC(C)OC(=O)C(C)NP(=O)(OC[C@H]1S[C@@H](n2cnc3c(N)nc(Cl)nc32)[C@@H](F)[C@@H]1O)Oc1ccccc1. The molecule has 0 bridgehead atoms. The highest BCUT2D eigenvalue weighted by Gasteiger charge is 2.47. The van der Waals surface area contributed by atoms with Crippen molar-refractivity contribution in [2.24, 2.45) is 0 Å². The summed E-state index contributed by atoms with van der Waals surface area (Å²) in [6.45, 7) is 4.43. The molecule has 3 heterocycles. The van der Waals surface area contributed by atoms with Gasteiger partial charge in [-0.2, -0.15) is 15.1 Å². The minimum absolute atomic E-state index is 0.0350. The number of nitrogen functional groups attached to an aromatic ring is 1. The van der Waals surface area contributed by atoms with Crippen LogP contribution in [0.1, 0.15) is 26.1 Å². The maximum Gasteiger partial charge on any atom is 0.459 e. The van der Waals surface area contributed by atoms with E-state index in [4.69, 9.17) is 31.1 Å². The number of anilines is 1. The summed E-state index contributed by atoms with van der Waals surface area (Å²) >= 11 is 6.94. The number of nitrogens with two attached hydrogens (primary N) is 1. The smallest absolute Gasteiger partial charge is 0.459 e. The predicted molar refractivity (Wildman–Crippen MR) is 141 cm³/mol. The predicted octanol–water partition coefficient (Wildman–Crippen LogP) is 3.51. The minimum atomic E-state index is -4.20. The Morgan fingerprint density at radius 2 is 2.03 bits per heavy atom. The Hall–Kier alpha value is -2.48. The lowest BCUT2D eigenvalue weighted by Crippen LogP contribution is -2.37. The molecule has 1 aromatic carbocycles. The first-order chi connectivity index (χ1) is 18.0. The quantitative estimate of drug-likeness (QED) is 0.180. The molecule has 2 unspecified atom stereocenters. The second-order valence-electron chi connectivity index (χ2n) is 8.74. The fourth-order valence-corrected chi connectivity index (χ4v) is 6.87. The number of hydrogen-bond donors (Lipinski definition) is 3. The first-order valence-electron chi connectivity index (χ1n) is 11.6. The van der Waals surface area contributed by atoms with Gasteiger partial charge in [0.1, 0.15) is 28.8 Å². The number of esters is 1. The van der Waals surface area contributed by atoms with Crippen LogP contribution < -0.4 is 15.3 Å². The monoisotopic (exact) mass is 588 g/mol. The van der Waals surface area contributed by atoms with Gasteiger partial charge in [-0.15, -0.1) is 11.8 Å². The minimum Gasteiger partial charge on any atom is -0.462 e. The molecule has 1 fully saturated rings. The van der Waals surface area contributed by atoms with E-state index in [-0.39, 0.29) is 40.7 Å². The molecule has 0 spiro atoms. The Morgan fingerprint density at radius 1 is 1.32 bits per heavy atom. The Morgan fingerprint density at radius 3 is 2.71 bits per heavy atom. The van der Waals surface area contributed by atoms with E-state index in [0.717, 1.165) is 11.8 Å². The number of para-hydroxylation sites is 1. The molecule has 4 N–H and O–H groups in total. The molecule has 16 heteroatoms. The van der Waals surface area contributed by atoms with Crippen LogP contribution in [-0.2, 0) is 18.6 Å². The number of fused-ring (bicyclic) bond motifs is 1. The average Bonchev–Trinajstić information content (AvgIpc) is 3.39. The van der Waals surface area contributed by atoms with Crippen LogP contribution in [0.4, 0.5) is 10.2 Å². The van der Waals surface area contributed by atoms with Crippen molar-refractivity contribution in [2.45, 2.75) is 55.8 Å². The number of thioether (sulfide) groups is 1. The van der Waals surface area contributed by atoms with Crippen LogP contribution in [-0.4, -0.2) is 66.9 Å². The molecule has 206 valence electrons. The van der Waals surface area contributed by atoms with Crippen molar-refractivity contribution in [1.82, 2.24) is 24.6 Å². The largest absolute Gasteiger partial charge is 0.462 e. The number of hydrogen-bond acceptors (Lipinski definition) is 11. The van der Waals surface area contributed by atoms with Gasteiger partial charge in [-0.1, -0.05) is 18.2 Å². The standard InChI is InChI=1S/C22H27ClFN6O6PS/c1-11(2)35-21(32)12(3)29-37(33,36-13-7-5-4-6-8-13)34-9-14-17(31)15(24)20(38-14)30-10-26-16-18(25)27-22(23)28-19(16)30/h4-8,10-12,14-15,17,20,31H,9H2,1-3H3,(H,29,33)(H2,25,27,28)/t12?,14-,15+,17-,20-,37?/m1/s1. The molecule has 0 radical (unpaired) electrons. The first kappa shape index (κ1) is 28.5. The Labute approximate surface area is 227 Å². The highest BCUT2D eigenvalue weighted by molar-refractivity contribution is 8.00. The number of halogens is 2. The average molecular weight is 589 g/mol. The normalized spacial score (nSPS) is 23.9. The molecule has 0 saturated carbocycles. The molecule has 4 rings (SSSR count). The number of carbonyl (C=O) groups excluding carboxylic acids is 1. The van der Waals surface area contributed by atoms with Gasteiger partial charge in [0.05, 0.1) is 24.3 Å². The van der Waals surface area contributed by atoms with Crippen LogP contribution in [0.2, 0.25) is 5.28 Å². The zero-order valence-corrected chi connectivity index (χ0v) is 23.1. The van der Waals surface area contributed by atoms with E-state index in [2.05, 4.69) is 20.0 Å². The van der Waals surface area contributed by atoms with E-state index in [9.17, 15) is 14.5 Å². The number of benzene rings is 1. The highest BCUT2D eigenvalue weighted by Crippen LogP contribution is 2.49. The van der Waals surface area contributed by atoms with Crippen LogP contribution in [0, 0.1) is 0 Å². The van der Waals surface area contributed by atoms with Gasteiger partial charge in [-0.25, -0.2) is 13.9 Å². The molecule has 1 aliphatic rings. The zero-order chi connectivity index (χ0) is 27.6. The lowest BCUT2D eigenvalue weighted by Gasteiger charge is -2.25. The number of aliphatic hydroxyl groups is 1. The van der Waals surface area contributed by atoms with Crippen molar-refractivity contribution < 1.29 is 32.6 Å². The van der Waals surface area contributed by atoms with Gasteiger partial charge in [0.25, 0.3) is 0 Å². The van der Waals surface area contributed by atoms with E-state index in [1.54, 1.807) is 44.2 Å². The van der Waals surface area contributed by atoms with Gasteiger partial charge in [-0.3, -0.25) is 13.9 Å². The number of imidazole rings is 1. The topological polar surface area (TPSA) is 164 Å². The van der Waals surface area contributed by atoms with E-state index in [1.807, 2.05) is 0 Å². The Kier molecular flexibility index (Phi) is 8.80. The molecular formula is C22H27ClFN6O6PS. The van der Waals surface area contributed by atoms with Crippen LogP contribution in [0.25, 0.3) is 11.2 Å². The molecule has 1 saturated heterocycles. The van der Waals surface area contributed by atoms with E-state index in [0.29, 0.717) is 0 Å². The van der Waals surface area contributed by atoms with Gasteiger partial charge < -0.3 is 20.1 Å². The first-order valence-corrected chi connectivity index (χ1v) is 14.4. The summed E-state index contributed by atoms with van der Waals surface area (Å²) in [6, 6.07) is 7.15. The van der Waals surface area contributed by atoms with Gasteiger partial charge in [0.2, 0.25) is 5.28 Å². The summed E-state index contributed by atoms with van der Waals surface area (Å²) in [5, 5.41) is 11.2. The number of aromatic nitrogens is 4. The lowest BCUT2D eigenvalue weighted by atomic mass is 10.1. The van der Waals surface area contributed by atoms with Gasteiger partial charge in [0, 0.05) is 0 Å². The molecule has 3 aromatic rings. The molecule has 0 aliphatic carbocycles. The molecule has 38 heavy (non-hydrogen) atoms. The summed E-state index contributed by atoms with van der Waals surface area (Å²) in [6.07, 6.45) is -2.31. The molecular weight excluding hydrogens is 562 g/mol. The second-order valence-corrected chi connectivity index (χ2v) is 12.1. The fourth-order valence-electron chi connectivity index (χ4n) is 3.67. The maximum absolute atomic E-state index is 15.3. The third-order valence-electron chi connectivity index (χ3n) is 5.42. The van der Waals surface area contributed by atoms with Gasteiger partial charge in [0.15, 0.2) is 17.6 Å². The third-order valence-corrected chi connectivity index (χ3v) is 8.77. The van der Waals surface area contributed by atoms with Gasteiger partial charge >= 0.3 is 13.7 Å². The lowest BCUT2D eigenvalue weighted by molar-refractivity contribution is -0.149. The number of carbonyl (C=O) groups is 1. The maximum atomic E-state index is 15.3. The van der Waals surface area contributed by atoms with Crippen molar-refractivity contribution in [2.75, 3.05) is 12.3 Å². The van der Waals surface area contributed by atoms with Crippen molar-refractivity contribution in [1.29, 1.82) is 0 Å². The summed E-state index contributed by atoms with van der Waals surface area (Å²) in [5.41, 5.74) is 6.28. The van der Waals surface area contributed by atoms with E-state index in [1.165, 1.54) is 17.8 Å². The number of ether oxygens (including phenoxy) is 1. The van der Waals surface area contributed by atoms with Crippen molar-refractivity contribution in [3.05, 3.63) is 41.9 Å². The van der Waals surface area contributed by atoms with E-state index < -0.39 is 42.7 Å². The van der Waals surface area contributed by atoms with Crippen molar-refractivity contribution >= 4 is 54.1 Å². The number of nitrogens with one attached hydrogen (secondary N) is 1. The summed E-state index contributed by atoms with van der Waals surface area (Å²) in [4.78, 5) is 24.4. The molecule has 0 amide bonds. The Balaban J connectivity index is 1.51. The van der Waals surface area contributed by atoms with Crippen LogP contribution >= 0.6 is 31.1 Å². The molecule has 6 atom stereocenters. The number of rotatable bonds is 10. The fraction of sp³-hybridized carbons (Fsp3) is 0.455. The van der Waals surface area contributed by atoms with Crippen LogP contribution in [0.3, 0.4) is 0 Å². The third kappa shape index (κ3) is 6.38. The van der Waals surface area contributed by atoms with Crippen LogP contribution in [0.5, 0.6) is 5.75 Å². The molecule has 1 aliphatic heterocycles. The van der Waals surface area contributed by atoms with Gasteiger partial charge in [-0.05, 0) is 44.5 Å². The number of nitrogens with zero attached hydrogens (tertiary/aromatic N) is 4. The zero-order valence-electron chi connectivity index (χ0n) is 20.6. The van der Waals surface area contributed by atoms with Crippen molar-refractivity contribution in [3.63, 3.8) is 0 Å². The number of alkyl halides is 1. The highest BCUT2D eigenvalue weighted by atomic mass is 35.5. The summed E-state index contributed by atoms with van der Waals surface area (Å²) < 4.78 is 46.7. The Bertz CT molecular complexity index is 1340. The van der Waals surface area contributed by atoms with Crippen LogP contribution in [0.15, 0.2) is 36.7 Å². The van der Waals surface area contributed by atoms with Crippen molar-refractivity contribution in [3.8, 4) is 5.75 Å². The van der Waals surface area contributed by atoms with E-state index >= 15 is 4.39 Å². The number of aliphatic hydroxyl groups excluding tert-OH is 1. The summed E-state index contributed by atoms with van der Waals surface area (Å²) in [7, 11) is -4.20. The molecule has 12 nitrogen and oxygen atoms in total. The summed E-state index contributed by atoms with van der Waals surface area (Å²) in [5.74, 6) is -0.410.